The number of ketones is 1. The molecule has 0 aromatic carbocycles. The predicted octanol–water partition coefficient (Wildman–Crippen LogP) is 5.89. The molecule has 3 saturated carbocycles. The molecule has 0 aliphatic heterocycles. The first-order valence-electron chi connectivity index (χ1n) is 12.0. The highest BCUT2D eigenvalue weighted by atomic mass is 16.4. The molecular weight excluding hydrogens is 384 g/mol. The van der Waals surface area contributed by atoms with E-state index in [-0.39, 0.29) is 18.9 Å². The van der Waals surface area contributed by atoms with Gasteiger partial charge in [0.1, 0.15) is 5.78 Å². The number of carboxylic acids is 2. The predicted molar refractivity (Wildman–Crippen MR) is 119 cm³/mol. The summed E-state index contributed by atoms with van der Waals surface area (Å²) in [7, 11) is 0. The minimum atomic E-state index is -0.870. The van der Waals surface area contributed by atoms with Gasteiger partial charge in [-0.25, -0.2) is 0 Å². The van der Waals surface area contributed by atoms with Crippen LogP contribution in [0.1, 0.15) is 128 Å². The van der Waals surface area contributed by atoms with Crippen LogP contribution in [0.4, 0.5) is 0 Å². The third-order valence-electron chi connectivity index (χ3n) is 5.52. The standard InChI is InChI=1S/C6H10O4.C6H12O.C6H10O.C6H12/c7-5(8)3-1-2-4-6(9)10;2*7-6-4-2-1-3-5-6;1-2-4-6-5-3-1/h1-4H2,(H,7,8)(H,9,10);6-7H,1-5H2;1-5H2;1-6H2. The van der Waals surface area contributed by atoms with E-state index in [1.54, 1.807) is 0 Å². The molecule has 0 aromatic rings. The maximum atomic E-state index is 10.5. The molecular formula is C24H44O6. The van der Waals surface area contributed by atoms with Gasteiger partial charge in [-0.2, -0.15) is 0 Å². The van der Waals surface area contributed by atoms with E-state index in [2.05, 4.69) is 0 Å². The second kappa shape index (κ2) is 20.8. The molecule has 0 amide bonds. The fraction of sp³-hybridized carbons (Fsp3) is 0.875. The molecule has 0 atom stereocenters. The van der Waals surface area contributed by atoms with Crippen LogP contribution < -0.4 is 0 Å². The van der Waals surface area contributed by atoms with Crippen molar-refractivity contribution in [1.82, 2.24) is 0 Å². The average molecular weight is 429 g/mol. The number of aliphatic hydroxyl groups excluding tert-OH is 1. The number of carbonyl (C=O) groups excluding carboxylic acids is 1. The summed E-state index contributed by atoms with van der Waals surface area (Å²) in [5, 5.41) is 25.2. The third kappa shape index (κ3) is 22.9. The second-order valence-electron chi connectivity index (χ2n) is 8.51. The van der Waals surface area contributed by atoms with E-state index in [9.17, 15) is 14.4 Å². The zero-order valence-electron chi connectivity index (χ0n) is 18.8. The van der Waals surface area contributed by atoms with E-state index in [1.807, 2.05) is 0 Å². The van der Waals surface area contributed by atoms with Crippen molar-refractivity contribution in [3.8, 4) is 0 Å². The van der Waals surface area contributed by atoms with Crippen LogP contribution in [0.15, 0.2) is 0 Å². The molecule has 3 N–H and O–H groups in total. The number of rotatable bonds is 5. The Kier molecular flexibility index (Phi) is 19.8. The van der Waals surface area contributed by atoms with E-state index in [0.717, 1.165) is 38.5 Å². The number of aliphatic hydroxyl groups is 1. The zero-order chi connectivity index (χ0) is 22.5. The van der Waals surface area contributed by atoms with E-state index in [0.29, 0.717) is 18.6 Å². The van der Waals surface area contributed by atoms with Gasteiger partial charge in [0, 0.05) is 25.7 Å². The van der Waals surface area contributed by atoms with Crippen LogP contribution in [0.3, 0.4) is 0 Å². The van der Waals surface area contributed by atoms with Crippen LogP contribution in [0.25, 0.3) is 0 Å². The Morgan fingerprint density at radius 1 is 0.633 bits per heavy atom. The average Bonchev–Trinajstić information content (AvgIpc) is 2.75. The minimum Gasteiger partial charge on any atom is -0.481 e. The van der Waals surface area contributed by atoms with Crippen molar-refractivity contribution < 1.29 is 29.7 Å². The number of hydrogen-bond donors (Lipinski definition) is 3. The quantitative estimate of drug-likeness (QED) is 0.471. The van der Waals surface area contributed by atoms with Crippen LogP contribution in [0.2, 0.25) is 0 Å². The number of hydrogen-bond acceptors (Lipinski definition) is 4. The first kappa shape index (κ1) is 28.6. The molecule has 0 saturated heterocycles. The molecule has 6 heteroatoms. The van der Waals surface area contributed by atoms with E-state index in [4.69, 9.17) is 15.3 Å². The largest absolute Gasteiger partial charge is 0.481 e. The van der Waals surface area contributed by atoms with Gasteiger partial charge in [0.25, 0.3) is 0 Å². The van der Waals surface area contributed by atoms with E-state index in [1.165, 1.54) is 64.2 Å². The Labute approximate surface area is 182 Å². The molecule has 0 spiro atoms. The van der Waals surface area contributed by atoms with Gasteiger partial charge in [0.2, 0.25) is 0 Å². The Balaban J connectivity index is 0.000000380. The third-order valence-corrected chi connectivity index (χ3v) is 5.52. The summed E-state index contributed by atoms with van der Waals surface area (Å²) in [4.78, 5) is 30.3. The van der Waals surface area contributed by atoms with Gasteiger partial charge in [0.15, 0.2) is 0 Å². The van der Waals surface area contributed by atoms with Crippen LogP contribution in [0.5, 0.6) is 0 Å². The fourth-order valence-electron chi connectivity index (χ4n) is 3.64. The lowest BCUT2D eigenvalue weighted by Crippen LogP contribution is -2.09. The normalized spacial score (nSPS) is 19.0. The first-order valence-corrected chi connectivity index (χ1v) is 12.0. The second-order valence-corrected chi connectivity index (χ2v) is 8.51. The molecule has 6 nitrogen and oxygen atoms in total. The maximum absolute atomic E-state index is 10.5. The van der Waals surface area contributed by atoms with Crippen LogP contribution in [-0.2, 0) is 14.4 Å². The highest BCUT2D eigenvalue weighted by molar-refractivity contribution is 5.78. The van der Waals surface area contributed by atoms with Gasteiger partial charge in [-0.1, -0.05) is 64.2 Å². The molecule has 0 bridgehead atoms. The summed E-state index contributed by atoms with van der Waals surface area (Å²) >= 11 is 0. The fourth-order valence-corrected chi connectivity index (χ4v) is 3.64. The Morgan fingerprint density at radius 3 is 1.20 bits per heavy atom. The SMILES string of the molecule is C1CCCCC1.O=C(O)CCCCC(=O)O.O=C1CCCCC1.OC1CCCCC1. The molecule has 3 aliphatic rings. The lowest BCUT2D eigenvalue weighted by atomic mass is 9.98. The van der Waals surface area contributed by atoms with Gasteiger partial charge in [-0.3, -0.25) is 14.4 Å². The van der Waals surface area contributed by atoms with Crippen molar-refractivity contribution in [3.63, 3.8) is 0 Å². The summed E-state index contributed by atoms with van der Waals surface area (Å²) in [5.41, 5.74) is 0. The molecule has 0 unspecified atom stereocenters. The number of carboxylic acid groups (broad SMARTS) is 2. The van der Waals surface area contributed by atoms with E-state index < -0.39 is 11.9 Å². The van der Waals surface area contributed by atoms with Crippen molar-refractivity contribution in [2.45, 2.75) is 135 Å². The summed E-state index contributed by atoms with van der Waals surface area (Å²) in [6.45, 7) is 0. The molecule has 0 aromatic heterocycles. The highest BCUT2D eigenvalue weighted by Crippen LogP contribution is 2.16. The zero-order valence-corrected chi connectivity index (χ0v) is 18.8. The number of Topliss-reactive ketones (excluding diaryl/α,β-unsaturated/α-hetero) is 1. The summed E-state index contributed by atoms with van der Waals surface area (Å²) in [5.74, 6) is -1.28. The maximum Gasteiger partial charge on any atom is 0.303 e. The molecule has 30 heavy (non-hydrogen) atoms. The van der Waals surface area contributed by atoms with Gasteiger partial charge >= 0.3 is 11.9 Å². The molecule has 176 valence electrons. The van der Waals surface area contributed by atoms with Gasteiger partial charge in [-0.15, -0.1) is 0 Å². The Morgan fingerprint density at radius 2 is 0.967 bits per heavy atom. The Bertz CT molecular complexity index is 403. The summed E-state index contributed by atoms with van der Waals surface area (Å²) < 4.78 is 0. The molecule has 3 fully saturated rings. The van der Waals surface area contributed by atoms with Crippen molar-refractivity contribution in [1.29, 1.82) is 0 Å². The molecule has 0 heterocycles. The number of aliphatic carboxylic acids is 2. The number of carbonyl (C=O) groups is 3. The van der Waals surface area contributed by atoms with Gasteiger partial charge in [-0.05, 0) is 38.5 Å². The van der Waals surface area contributed by atoms with Crippen molar-refractivity contribution in [3.05, 3.63) is 0 Å². The first-order chi connectivity index (χ1) is 14.4. The van der Waals surface area contributed by atoms with Gasteiger partial charge in [0.05, 0.1) is 6.10 Å². The van der Waals surface area contributed by atoms with E-state index >= 15 is 0 Å². The van der Waals surface area contributed by atoms with Crippen molar-refractivity contribution in [2.75, 3.05) is 0 Å². The van der Waals surface area contributed by atoms with Crippen LogP contribution >= 0.6 is 0 Å². The lowest BCUT2D eigenvalue weighted by Gasteiger charge is -2.14. The Hall–Kier alpha value is -1.43. The monoisotopic (exact) mass is 428 g/mol. The lowest BCUT2D eigenvalue weighted by molar-refractivity contribution is -0.139. The van der Waals surface area contributed by atoms with Crippen LogP contribution in [-0.4, -0.2) is 39.1 Å². The van der Waals surface area contributed by atoms with Crippen LogP contribution in [0, 0.1) is 0 Å². The summed E-state index contributed by atoms with van der Waals surface area (Å²) in [6.07, 6.45) is 21.2. The van der Waals surface area contributed by atoms with Crippen molar-refractivity contribution >= 4 is 17.7 Å². The molecule has 0 radical (unpaired) electrons. The van der Waals surface area contributed by atoms with Gasteiger partial charge < -0.3 is 15.3 Å². The van der Waals surface area contributed by atoms with Crippen molar-refractivity contribution in [2.24, 2.45) is 0 Å². The molecule has 3 rings (SSSR count). The summed E-state index contributed by atoms with van der Waals surface area (Å²) in [6, 6.07) is 0. The highest BCUT2D eigenvalue weighted by Gasteiger charge is 2.08. The minimum absolute atomic E-state index is 0.0359. The topological polar surface area (TPSA) is 112 Å². The number of unbranched alkanes of at least 4 members (excludes halogenated alkanes) is 1. The smallest absolute Gasteiger partial charge is 0.303 e. The molecule has 3 aliphatic carbocycles.